The highest BCUT2D eigenvalue weighted by Gasteiger charge is 2.29. The van der Waals surface area contributed by atoms with Gasteiger partial charge in [0.1, 0.15) is 5.75 Å². The maximum atomic E-state index is 13.2. The summed E-state index contributed by atoms with van der Waals surface area (Å²) in [5.74, 6) is 0.828. The molecule has 1 unspecified atom stereocenters. The van der Waals surface area contributed by atoms with Crippen molar-refractivity contribution in [3.63, 3.8) is 0 Å². The second-order valence-electron chi connectivity index (χ2n) is 8.33. The molecule has 0 aromatic heterocycles. The van der Waals surface area contributed by atoms with E-state index in [4.69, 9.17) is 4.74 Å². The first-order valence-electron chi connectivity index (χ1n) is 11.4. The molecule has 32 heavy (non-hydrogen) atoms. The number of piperidine rings is 1. The smallest absolute Gasteiger partial charge is 0.254 e. The molecule has 1 saturated heterocycles. The van der Waals surface area contributed by atoms with Gasteiger partial charge in [-0.2, -0.15) is 0 Å². The molecule has 0 radical (unpaired) electrons. The molecule has 3 aromatic carbocycles. The fraction of sp³-hybridized carbons (Fsp3) is 0.333. The zero-order valence-electron chi connectivity index (χ0n) is 18.7. The number of carbonyl (C=O) groups excluding carboxylic acids is 2. The number of hydrogen-bond donors (Lipinski definition) is 1. The van der Waals surface area contributed by atoms with E-state index in [1.54, 1.807) is 0 Å². The molecule has 1 atom stereocenters. The lowest BCUT2D eigenvalue weighted by Gasteiger charge is -2.32. The van der Waals surface area contributed by atoms with Gasteiger partial charge in [-0.15, -0.1) is 0 Å². The Bertz CT molecular complexity index is 1100. The molecular formula is C27H30N2O3. The van der Waals surface area contributed by atoms with Crippen molar-refractivity contribution >= 4 is 22.6 Å². The molecule has 3 aromatic rings. The number of nitrogens with one attached hydrogen (secondary N) is 1. The molecule has 0 aliphatic carbocycles. The topological polar surface area (TPSA) is 58.6 Å². The van der Waals surface area contributed by atoms with Gasteiger partial charge in [-0.05, 0) is 61.2 Å². The van der Waals surface area contributed by atoms with Crippen LogP contribution in [0, 0.1) is 5.92 Å². The number of carbonyl (C=O) groups is 2. The van der Waals surface area contributed by atoms with Gasteiger partial charge < -0.3 is 15.0 Å². The molecule has 1 aliphatic rings. The lowest BCUT2D eigenvalue weighted by atomic mass is 9.94. The first kappa shape index (κ1) is 21.9. The van der Waals surface area contributed by atoms with Gasteiger partial charge in [-0.1, -0.05) is 48.5 Å². The summed E-state index contributed by atoms with van der Waals surface area (Å²) in [6, 6.07) is 21.5. The van der Waals surface area contributed by atoms with Crippen LogP contribution in [0.2, 0.25) is 0 Å². The van der Waals surface area contributed by atoms with Crippen LogP contribution >= 0.6 is 0 Å². The van der Waals surface area contributed by atoms with Crippen molar-refractivity contribution in [2.45, 2.75) is 32.7 Å². The zero-order chi connectivity index (χ0) is 22.5. The van der Waals surface area contributed by atoms with E-state index in [-0.39, 0.29) is 23.8 Å². The number of nitrogens with zero attached hydrogens (tertiary/aromatic N) is 1. The van der Waals surface area contributed by atoms with Gasteiger partial charge in [0.05, 0.1) is 12.6 Å². The molecule has 0 bridgehead atoms. The molecule has 5 nitrogen and oxygen atoms in total. The number of benzene rings is 3. The van der Waals surface area contributed by atoms with Crippen LogP contribution in [-0.2, 0) is 4.79 Å². The molecule has 0 saturated carbocycles. The third-order valence-electron chi connectivity index (χ3n) is 6.20. The molecule has 1 aliphatic heterocycles. The van der Waals surface area contributed by atoms with Gasteiger partial charge in [0.15, 0.2) is 0 Å². The largest absolute Gasteiger partial charge is 0.494 e. The average Bonchev–Trinajstić information content (AvgIpc) is 2.83. The minimum Gasteiger partial charge on any atom is -0.494 e. The fourth-order valence-electron chi connectivity index (χ4n) is 4.38. The molecule has 1 fully saturated rings. The summed E-state index contributed by atoms with van der Waals surface area (Å²) in [6.45, 7) is 5.74. The third-order valence-corrected chi connectivity index (χ3v) is 6.20. The summed E-state index contributed by atoms with van der Waals surface area (Å²) in [5.41, 5.74) is 1.75. The van der Waals surface area contributed by atoms with Crippen molar-refractivity contribution in [1.82, 2.24) is 10.2 Å². The van der Waals surface area contributed by atoms with E-state index < -0.39 is 0 Å². The maximum absolute atomic E-state index is 13.2. The van der Waals surface area contributed by atoms with Gasteiger partial charge >= 0.3 is 0 Å². The lowest BCUT2D eigenvalue weighted by Crippen LogP contribution is -2.43. The first-order valence-corrected chi connectivity index (χ1v) is 11.4. The Labute approximate surface area is 189 Å². The van der Waals surface area contributed by atoms with Crippen molar-refractivity contribution in [2.75, 3.05) is 19.7 Å². The van der Waals surface area contributed by atoms with Crippen molar-refractivity contribution in [1.29, 1.82) is 0 Å². The van der Waals surface area contributed by atoms with Crippen LogP contribution < -0.4 is 10.1 Å². The second kappa shape index (κ2) is 9.86. The summed E-state index contributed by atoms with van der Waals surface area (Å²) in [6.07, 6.45) is 1.35. The van der Waals surface area contributed by atoms with Crippen LogP contribution in [0.1, 0.15) is 48.7 Å². The molecular weight excluding hydrogens is 400 g/mol. The van der Waals surface area contributed by atoms with E-state index in [9.17, 15) is 9.59 Å². The Balaban J connectivity index is 1.35. The van der Waals surface area contributed by atoms with Crippen LogP contribution in [0.25, 0.3) is 10.8 Å². The molecule has 4 rings (SSSR count). The van der Waals surface area contributed by atoms with Gasteiger partial charge in [0.2, 0.25) is 5.91 Å². The number of ether oxygens (including phenoxy) is 1. The number of hydrogen-bond acceptors (Lipinski definition) is 3. The quantitative estimate of drug-likeness (QED) is 0.601. The van der Waals surface area contributed by atoms with Gasteiger partial charge in [-0.25, -0.2) is 0 Å². The minimum atomic E-state index is -0.0988. The number of rotatable bonds is 6. The van der Waals surface area contributed by atoms with Crippen LogP contribution in [0.15, 0.2) is 66.7 Å². The molecule has 5 heteroatoms. The van der Waals surface area contributed by atoms with E-state index in [1.165, 1.54) is 0 Å². The molecule has 166 valence electrons. The van der Waals surface area contributed by atoms with Gasteiger partial charge in [-0.3, -0.25) is 9.59 Å². The average molecular weight is 431 g/mol. The second-order valence-corrected chi connectivity index (χ2v) is 8.33. The molecule has 2 amide bonds. The van der Waals surface area contributed by atoms with Crippen molar-refractivity contribution in [3.8, 4) is 5.75 Å². The van der Waals surface area contributed by atoms with Crippen LogP contribution in [0.4, 0.5) is 0 Å². The first-order chi connectivity index (χ1) is 15.6. The van der Waals surface area contributed by atoms with E-state index >= 15 is 0 Å². The lowest BCUT2D eigenvalue weighted by molar-refractivity contribution is -0.127. The summed E-state index contributed by atoms with van der Waals surface area (Å²) in [4.78, 5) is 27.9. The summed E-state index contributed by atoms with van der Waals surface area (Å²) in [5, 5.41) is 5.18. The monoisotopic (exact) mass is 430 g/mol. The highest BCUT2D eigenvalue weighted by atomic mass is 16.5. The third kappa shape index (κ3) is 4.77. The summed E-state index contributed by atoms with van der Waals surface area (Å²) >= 11 is 0. The van der Waals surface area contributed by atoms with E-state index in [0.717, 1.165) is 27.6 Å². The Morgan fingerprint density at radius 3 is 2.53 bits per heavy atom. The van der Waals surface area contributed by atoms with Crippen molar-refractivity contribution in [2.24, 2.45) is 5.92 Å². The molecule has 0 spiro atoms. The number of amides is 2. The van der Waals surface area contributed by atoms with Gasteiger partial charge in [0.25, 0.3) is 5.91 Å². The highest BCUT2D eigenvalue weighted by molar-refractivity contribution is 6.07. The van der Waals surface area contributed by atoms with Crippen molar-refractivity contribution < 1.29 is 14.3 Å². The van der Waals surface area contributed by atoms with Crippen LogP contribution in [0.5, 0.6) is 5.75 Å². The normalized spacial score (nSPS) is 15.4. The van der Waals surface area contributed by atoms with Crippen LogP contribution in [-0.4, -0.2) is 36.4 Å². The number of likely N-dealkylation sites (tertiary alicyclic amines) is 1. The van der Waals surface area contributed by atoms with E-state index in [1.807, 2.05) is 85.5 Å². The predicted octanol–water partition coefficient (Wildman–Crippen LogP) is 4.97. The Morgan fingerprint density at radius 1 is 1.03 bits per heavy atom. The zero-order valence-corrected chi connectivity index (χ0v) is 18.7. The fourth-order valence-corrected chi connectivity index (χ4v) is 4.38. The van der Waals surface area contributed by atoms with Gasteiger partial charge in [0, 0.05) is 24.6 Å². The van der Waals surface area contributed by atoms with E-state index in [2.05, 4.69) is 5.32 Å². The Morgan fingerprint density at radius 2 is 1.75 bits per heavy atom. The SMILES string of the molecule is CCOc1cccc(C(C)NC(=O)C2CCN(C(=O)c3cccc4ccccc34)CC2)c1. The summed E-state index contributed by atoms with van der Waals surface area (Å²) < 4.78 is 5.57. The number of fused-ring (bicyclic) bond motifs is 1. The molecule has 1 heterocycles. The highest BCUT2D eigenvalue weighted by Crippen LogP contribution is 2.25. The van der Waals surface area contributed by atoms with Crippen LogP contribution in [0.3, 0.4) is 0 Å². The minimum absolute atomic E-state index is 0.0433. The van der Waals surface area contributed by atoms with Crippen molar-refractivity contribution in [3.05, 3.63) is 77.9 Å². The Hall–Kier alpha value is -3.34. The predicted molar refractivity (Wildman–Crippen MR) is 127 cm³/mol. The molecule has 1 N–H and O–H groups in total. The van der Waals surface area contributed by atoms with E-state index in [0.29, 0.717) is 32.5 Å². The standard InChI is InChI=1S/C27H30N2O3/c1-3-32-23-11-6-10-22(18-23)19(2)28-26(30)21-14-16-29(17-15-21)27(31)25-13-7-9-20-8-4-5-12-24(20)25/h4-13,18-19,21H,3,14-17H2,1-2H3,(H,28,30). The summed E-state index contributed by atoms with van der Waals surface area (Å²) in [7, 11) is 0. The Kier molecular flexibility index (Phi) is 6.74. The maximum Gasteiger partial charge on any atom is 0.254 e.